The van der Waals surface area contributed by atoms with Crippen molar-refractivity contribution in [3.63, 3.8) is 0 Å². The lowest BCUT2D eigenvalue weighted by Gasteiger charge is -2.33. The van der Waals surface area contributed by atoms with Crippen LogP contribution < -0.4 is 9.62 Å². The summed E-state index contributed by atoms with van der Waals surface area (Å²) < 4.78 is 28.6. The quantitative estimate of drug-likeness (QED) is 0.290. The van der Waals surface area contributed by atoms with Crippen molar-refractivity contribution in [2.75, 3.05) is 17.4 Å². The van der Waals surface area contributed by atoms with Crippen LogP contribution in [0.1, 0.15) is 32.8 Å². The molecule has 0 spiro atoms. The number of amides is 2. The number of anilines is 1. The molecule has 0 aliphatic rings. The summed E-state index contributed by atoms with van der Waals surface area (Å²) in [5.74, 6) is -0.608. The van der Waals surface area contributed by atoms with E-state index in [1.54, 1.807) is 18.2 Å². The maximum Gasteiger partial charge on any atom is 0.264 e. The first-order chi connectivity index (χ1) is 18.5. The van der Waals surface area contributed by atoms with Gasteiger partial charge < -0.3 is 10.2 Å². The Kier molecular flexibility index (Phi) is 10.8. The van der Waals surface area contributed by atoms with Gasteiger partial charge in [-0.3, -0.25) is 13.9 Å². The molecule has 0 radical (unpaired) electrons. The molecule has 1 atom stereocenters. The summed E-state index contributed by atoms with van der Waals surface area (Å²) in [4.78, 5) is 28.6. The molecule has 3 aromatic rings. The SMILES string of the molecule is CCC(C(=O)NCC(C)C)N(Cc1ccccc1)C(=O)CN(c1cc(Cl)cc(Cl)c1)S(=O)(=O)c1ccccc1. The van der Waals surface area contributed by atoms with Crippen molar-refractivity contribution in [1.29, 1.82) is 0 Å². The fraction of sp³-hybridized carbons (Fsp3) is 0.310. The summed E-state index contributed by atoms with van der Waals surface area (Å²) in [6.07, 6.45) is 0.344. The van der Waals surface area contributed by atoms with Crippen molar-refractivity contribution in [2.45, 2.75) is 44.7 Å². The lowest BCUT2D eigenvalue weighted by atomic mass is 10.1. The Morgan fingerprint density at radius 3 is 2.00 bits per heavy atom. The summed E-state index contributed by atoms with van der Waals surface area (Å²) in [6.45, 7) is 5.81. The molecule has 0 saturated carbocycles. The van der Waals surface area contributed by atoms with Crippen LogP contribution in [0.3, 0.4) is 0 Å². The predicted octanol–water partition coefficient (Wildman–Crippen LogP) is 5.77. The van der Waals surface area contributed by atoms with Crippen LogP contribution in [-0.4, -0.2) is 44.3 Å². The maximum atomic E-state index is 14.0. The molecule has 39 heavy (non-hydrogen) atoms. The Labute approximate surface area is 240 Å². The van der Waals surface area contributed by atoms with Crippen molar-refractivity contribution in [3.8, 4) is 0 Å². The lowest BCUT2D eigenvalue weighted by molar-refractivity contribution is -0.140. The van der Waals surface area contributed by atoms with E-state index < -0.39 is 28.5 Å². The van der Waals surface area contributed by atoms with Gasteiger partial charge >= 0.3 is 0 Å². The predicted molar refractivity (Wildman–Crippen MR) is 156 cm³/mol. The number of hydrogen-bond donors (Lipinski definition) is 1. The molecule has 208 valence electrons. The number of nitrogens with zero attached hydrogens (tertiary/aromatic N) is 2. The van der Waals surface area contributed by atoms with Crippen LogP contribution in [0.2, 0.25) is 10.0 Å². The van der Waals surface area contributed by atoms with Crippen LogP contribution in [0.25, 0.3) is 0 Å². The number of benzene rings is 3. The molecule has 0 aliphatic heterocycles. The zero-order valence-electron chi connectivity index (χ0n) is 22.2. The highest BCUT2D eigenvalue weighted by molar-refractivity contribution is 7.92. The Morgan fingerprint density at radius 1 is 0.897 bits per heavy atom. The summed E-state index contributed by atoms with van der Waals surface area (Å²) in [6, 6.07) is 20.6. The van der Waals surface area contributed by atoms with Gasteiger partial charge in [0.1, 0.15) is 12.6 Å². The molecular formula is C29H33Cl2N3O4S. The fourth-order valence-corrected chi connectivity index (χ4v) is 5.99. The minimum atomic E-state index is -4.20. The number of hydrogen-bond acceptors (Lipinski definition) is 4. The molecule has 3 aromatic carbocycles. The number of carbonyl (C=O) groups is 2. The van der Waals surface area contributed by atoms with Crippen LogP contribution in [-0.2, 0) is 26.2 Å². The van der Waals surface area contributed by atoms with Gasteiger partial charge in [-0.2, -0.15) is 0 Å². The molecule has 2 amide bonds. The first-order valence-electron chi connectivity index (χ1n) is 12.7. The Balaban J connectivity index is 2.05. The van der Waals surface area contributed by atoms with Gasteiger partial charge in [-0.1, -0.05) is 92.5 Å². The summed E-state index contributed by atoms with van der Waals surface area (Å²) in [5.41, 5.74) is 0.950. The molecular weight excluding hydrogens is 557 g/mol. The van der Waals surface area contributed by atoms with E-state index in [0.717, 1.165) is 9.87 Å². The first-order valence-corrected chi connectivity index (χ1v) is 14.9. The third-order valence-electron chi connectivity index (χ3n) is 6.01. The lowest BCUT2D eigenvalue weighted by Crippen LogP contribution is -2.52. The van der Waals surface area contributed by atoms with Crippen LogP contribution >= 0.6 is 23.2 Å². The van der Waals surface area contributed by atoms with Crippen molar-refractivity contribution in [2.24, 2.45) is 5.92 Å². The third kappa shape index (κ3) is 8.21. The van der Waals surface area contributed by atoms with Crippen LogP contribution in [0.4, 0.5) is 5.69 Å². The Bertz CT molecular complexity index is 1350. The molecule has 10 heteroatoms. The monoisotopic (exact) mass is 589 g/mol. The number of halogens is 2. The molecule has 1 N–H and O–H groups in total. The van der Waals surface area contributed by atoms with E-state index in [0.29, 0.717) is 13.0 Å². The number of sulfonamides is 1. The van der Waals surface area contributed by atoms with E-state index in [1.807, 2.05) is 51.1 Å². The zero-order valence-corrected chi connectivity index (χ0v) is 24.5. The third-order valence-corrected chi connectivity index (χ3v) is 8.24. The molecule has 7 nitrogen and oxygen atoms in total. The summed E-state index contributed by atoms with van der Waals surface area (Å²) in [7, 11) is -4.20. The topological polar surface area (TPSA) is 86.8 Å². The summed E-state index contributed by atoms with van der Waals surface area (Å²) in [5, 5.41) is 3.35. The average Bonchev–Trinajstić information content (AvgIpc) is 2.90. The van der Waals surface area contributed by atoms with Gasteiger partial charge in [-0.15, -0.1) is 0 Å². The van der Waals surface area contributed by atoms with Crippen molar-refractivity contribution < 1.29 is 18.0 Å². The van der Waals surface area contributed by atoms with E-state index in [-0.39, 0.29) is 39.0 Å². The highest BCUT2D eigenvalue weighted by atomic mass is 35.5. The van der Waals surface area contributed by atoms with Gasteiger partial charge in [0.05, 0.1) is 10.6 Å². The standard InChI is InChI=1S/C29H33Cl2N3O4S/c1-4-27(29(36)32-18-21(2)3)33(19-22-11-7-5-8-12-22)28(35)20-34(25-16-23(30)15-24(31)17-25)39(37,38)26-13-9-6-10-14-26/h5-17,21,27H,4,18-20H2,1-3H3,(H,32,36). The smallest absolute Gasteiger partial charge is 0.264 e. The average molecular weight is 591 g/mol. The first kappa shape index (κ1) is 30.5. The van der Waals surface area contributed by atoms with Gasteiger partial charge in [-0.25, -0.2) is 8.42 Å². The van der Waals surface area contributed by atoms with Gasteiger partial charge in [0, 0.05) is 23.1 Å². The summed E-state index contributed by atoms with van der Waals surface area (Å²) >= 11 is 12.4. The molecule has 0 aliphatic carbocycles. The van der Waals surface area contributed by atoms with E-state index in [1.165, 1.54) is 35.2 Å². The largest absolute Gasteiger partial charge is 0.354 e. The highest BCUT2D eigenvalue weighted by Crippen LogP contribution is 2.30. The molecule has 1 unspecified atom stereocenters. The maximum absolute atomic E-state index is 14.0. The Morgan fingerprint density at radius 2 is 1.46 bits per heavy atom. The van der Waals surface area contributed by atoms with Crippen molar-refractivity contribution >= 4 is 50.7 Å². The highest BCUT2D eigenvalue weighted by Gasteiger charge is 2.33. The van der Waals surface area contributed by atoms with Gasteiger partial charge in [0.25, 0.3) is 10.0 Å². The number of rotatable bonds is 12. The molecule has 0 heterocycles. The Hall–Kier alpha value is -3.07. The van der Waals surface area contributed by atoms with E-state index in [2.05, 4.69) is 5.32 Å². The van der Waals surface area contributed by atoms with Gasteiger partial charge in [0.15, 0.2) is 0 Å². The minimum Gasteiger partial charge on any atom is -0.354 e. The zero-order chi connectivity index (χ0) is 28.6. The molecule has 0 bridgehead atoms. The molecule has 0 fully saturated rings. The number of nitrogens with one attached hydrogen (secondary N) is 1. The van der Waals surface area contributed by atoms with E-state index in [4.69, 9.17) is 23.2 Å². The second-order valence-corrected chi connectivity index (χ2v) is 12.3. The normalized spacial score (nSPS) is 12.2. The van der Waals surface area contributed by atoms with Gasteiger partial charge in [0.2, 0.25) is 11.8 Å². The van der Waals surface area contributed by atoms with E-state index >= 15 is 0 Å². The van der Waals surface area contributed by atoms with Crippen LogP contribution in [0.15, 0.2) is 83.8 Å². The van der Waals surface area contributed by atoms with Crippen molar-refractivity contribution in [3.05, 3.63) is 94.5 Å². The van der Waals surface area contributed by atoms with Crippen LogP contribution in [0, 0.1) is 5.92 Å². The van der Waals surface area contributed by atoms with Gasteiger partial charge in [-0.05, 0) is 48.2 Å². The van der Waals surface area contributed by atoms with E-state index in [9.17, 15) is 18.0 Å². The molecule has 3 rings (SSSR count). The second-order valence-electron chi connectivity index (χ2n) is 9.52. The minimum absolute atomic E-state index is 0.00484. The van der Waals surface area contributed by atoms with Crippen molar-refractivity contribution in [1.82, 2.24) is 10.2 Å². The molecule has 0 aromatic heterocycles. The fourth-order valence-electron chi connectivity index (χ4n) is 4.05. The molecule has 0 saturated heterocycles. The van der Waals surface area contributed by atoms with Crippen LogP contribution in [0.5, 0.6) is 0 Å². The second kappa shape index (κ2) is 13.8. The number of carbonyl (C=O) groups excluding carboxylic acids is 2.